The highest BCUT2D eigenvalue weighted by molar-refractivity contribution is 5.87. The van der Waals surface area contributed by atoms with Crippen molar-refractivity contribution < 1.29 is 4.79 Å². The van der Waals surface area contributed by atoms with Gasteiger partial charge in [0.1, 0.15) is 5.54 Å². The zero-order valence-corrected chi connectivity index (χ0v) is 13.9. The highest BCUT2D eigenvalue weighted by atomic mass is 16.2. The van der Waals surface area contributed by atoms with Gasteiger partial charge < -0.3 is 16.0 Å². The van der Waals surface area contributed by atoms with Gasteiger partial charge in [-0.25, -0.2) is 0 Å². The second-order valence-electron chi connectivity index (χ2n) is 6.29. The van der Waals surface area contributed by atoms with E-state index in [4.69, 9.17) is 5.73 Å². The second-order valence-corrected chi connectivity index (χ2v) is 6.29. The monoisotopic (exact) mass is 321 g/mol. The molecule has 0 bridgehead atoms. The lowest BCUT2D eigenvalue weighted by Crippen LogP contribution is -2.49. The molecule has 0 aliphatic carbocycles. The largest absolute Gasteiger partial charge is 0.361 e. The van der Waals surface area contributed by atoms with Crippen LogP contribution in [0.3, 0.4) is 0 Å². The molecule has 0 aliphatic rings. The molecule has 3 rings (SSSR count). The Bertz CT molecular complexity index is 821. The fraction of sp³-hybridized carbons (Fsp3) is 0.250. The lowest BCUT2D eigenvalue weighted by molar-refractivity contribution is -0.126. The van der Waals surface area contributed by atoms with Crippen molar-refractivity contribution in [2.45, 2.75) is 25.3 Å². The first kappa shape index (κ1) is 16.3. The molecular weight excluding hydrogens is 298 g/mol. The average Bonchev–Trinajstić information content (AvgIpc) is 3.02. The van der Waals surface area contributed by atoms with E-state index in [0.717, 1.165) is 23.9 Å². The van der Waals surface area contributed by atoms with Crippen molar-refractivity contribution in [3.8, 4) is 0 Å². The van der Waals surface area contributed by atoms with Crippen LogP contribution in [0.1, 0.15) is 24.5 Å². The van der Waals surface area contributed by atoms with E-state index in [1.165, 1.54) is 10.9 Å². The number of hydrogen-bond acceptors (Lipinski definition) is 2. The summed E-state index contributed by atoms with van der Waals surface area (Å²) < 4.78 is 0. The van der Waals surface area contributed by atoms with Crippen molar-refractivity contribution in [3.63, 3.8) is 0 Å². The van der Waals surface area contributed by atoms with Gasteiger partial charge >= 0.3 is 0 Å². The first-order valence-electron chi connectivity index (χ1n) is 8.27. The molecular formula is C20H23N3O. The lowest BCUT2D eigenvalue weighted by atomic mass is 9.92. The number of nitrogens with one attached hydrogen (secondary N) is 2. The maximum Gasteiger partial charge on any atom is 0.244 e. The van der Waals surface area contributed by atoms with Gasteiger partial charge in [-0.1, -0.05) is 48.5 Å². The first-order chi connectivity index (χ1) is 11.6. The minimum atomic E-state index is -1.01. The van der Waals surface area contributed by atoms with Gasteiger partial charge in [-0.05, 0) is 37.0 Å². The van der Waals surface area contributed by atoms with E-state index in [1.807, 2.05) is 48.7 Å². The number of carbonyl (C=O) groups is 1. The maximum absolute atomic E-state index is 12.4. The van der Waals surface area contributed by atoms with Gasteiger partial charge in [0.25, 0.3) is 0 Å². The Labute approximate surface area is 142 Å². The Morgan fingerprint density at radius 3 is 2.62 bits per heavy atom. The number of hydrogen-bond donors (Lipinski definition) is 3. The molecule has 1 unspecified atom stereocenters. The molecule has 0 saturated heterocycles. The van der Waals surface area contributed by atoms with Crippen molar-refractivity contribution >= 4 is 16.8 Å². The zero-order valence-electron chi connectivity index (χ0n) is 13.9. The molecule has 4 nitrogen and oxygen atoms in total. The summed E-state index contributed by atoms with van der Waals surface area (Å²) in [5.41, 5.74) is 8.45. The number of nitrogens with two attached hydrogens (primary N) is 1. The van der Waals surface area contributed by atoms with Crippen LogP contribution in [0.15, 0.2) is 60.8 Å². The number of rotatable bonds is 6. The molecule has 0 spiro atoms. The Morgan fingerprint density at radius 2 is 1.83 bits per heavy atom. The number of fused-ring (bicyclic) bond motifs is 1. The van der Waals surface area contributed by atoms with Crippen LogP contribution in [-0.4, -0.2) is 17.4 Å². The molecule has 3 aromatic rings. The molecule has 124 valence electrons. The second kappa shape index (κ2) is 6.89. The summed E-state index contributed by atoms with van der Waals surface area (Å²) in [6, 6.07) is 17.7. The molecule has 0 fully saturated rings. The van der Waals surface area contributed by atoms with Crippen molar-refractivity contribution in [2.75, 3.05) is 6.54 Å². The topological polar surface area (TPSA) is 70.9 Å². The summed E-state index contributed by atoms with van der Waals surface area (Å²) in [4.78, 5) is 15.7. The Balaban J connectivity index is 1.54. The molecule has 4 N–H and O–H groups in total. The van der Waals surface area contributed by atoms with Gasteiger partial charge in [0.05, 0.1) is 0 Å². The van der Waals surface area contributed by atoms with Crippen molar-refractivity contribution in [2.24, 2.45) is 5.73 Å². The Morgan fingerprint density at radius 1 is 1.12 bits per heavy atom. The number of H-pyrrole nitrogens is 1. The molecule has 0 saturated carbocycles. The fourth-order valence-corrected chi connectivity index (χ4v) is 2.92. The third kappa shape index (κ3) is 3.34. The molecule has 0 aliphatic heterocycles. The van der Waals surface area contributed by atoms with E-state index in [-0.39, 0.29) is 5.91 Å². The first-order valence-corrected chi connectivity index (χ1v) is 8.27. The Kier molecular flexibility index (Phi) is 4.67. The number of amides is 1. The third-order valence-electron chi connectivity index (χ3n) is 4.43. The summed E-state index contributed by atoms with van der Waals surface area (Å²) in [6.45, 7) is 2.36. The molecule has 24 heavy (non-hydrogen) atoms. The summed E-state index contributed by atoms with van der Waals surface area (Å²) in [5, 5.41) is 4.20. The molecule has 2 aromatic carbocycles. The smallest absolute Gasteiger partial charge is 0.244 e. The summed E-state index contributed by atoms with van der Waals surface area (Å²) >= 11 is 0. The van der Waals surface area contributed by atoms with Gasteiger partial charge in [-0.2, -0.15) is 0 Å². The van der Waals surface area contributed by atoms with Crippen molar-refractivity contribution in [1.82, 2.24) is 10.3 Å². The fourth-order valence-electron chi connectivity index (χ4n) is 2.92. The number of carbonyl (C=O) groups excluding carboxylic acids is 1. The van der Waals surface area contributed by atoms with Crippen LogP contribution in [0.2, 0.25) is 0 Å². The van der Waals surface area contributed by atoms with Crippen LogP contribution >= 0.6 is 0 Å². The standard InChI is InChI=1S/C20H23N3O/c1-20(21,16-9-3-2-4-10-16)19(24)22-13-7-8-15-14-23-18-12-6-5-11-17(15)18/h2-6,9-12,14,23H,7-8,13,21H2,1H3,(H,22,24). The van der Waals surface area contributed by atoms with E-state index < -0.39 is 5.54 Å². The predicted molar refractivity (Wildman–Crippen MR) is 97.6 cm³/mol. The summed E-state index contributed by atoms with van der Waals surface area (Å²) in [5.74, 6) is -0.146. The zero-order chi connectivity index (χ0) is 17.0. The number of para-hydroxylation sites is 1. The van der Waals surface area contributed by atoms with Gasteiger partial charge in [0.15, 0.2) is 0 Å². The van der Waals surface area contributed by atoms with Crippen LogP contribution in [-0.2, 0) is 16.8 Å². The highest BCUT2D eigenvalue weighted by Crippen LogP contribution is 2.19. The number of benzene rings is 2. The number of aryl methyl sites for hydroxylation is 1. The number of aromatic nitrogens is 1. The van der Waals surface area contributed by atoms with Crippen LogP contribution < -0.4 is 11.1 Å². The normalized spacial score (nSPS) is 13.6. The predicted octanol–water partition coefficient (Wildman–Crippen LogP) is 3.09. The van der Waals surface area contributed by atoms with E-state index in [2.05, 4.69) is 22.4 Å². The van der Waals surface area contributed by atoms with Crippen LogP contribution in [0.5, 0.6) is 0 Å². The van der Waals surface area contributed by atoms with Crippen LogP contribution in [0.25, 0.3) is 10.9 Å². The van der Waals surface area contributed by atoms with E-state index in [9.17, 15) is 4.79 Å². The average molecular weight is 321 g/mol. The van der Waals surface area contributed by atoms with Gasteiger partial charge in [-0.15, -0.1) is 0 Å². The van der Waals surface area contributed by atoms with E-state index in [0.29, 0.717) is 6.54 Å². The minimum absolute atomic E-state index is 0.146. The molecule has 1 atom stereocenters. The molecule has 1 amide bonds. The quantitative estimate of drug-likeness (QED) is 0.611. The maximum atomic E-state index is 12.4. The van der Waals surface area contributed by atoms with Crippen molar-refractivity contribution in [1.29, 1.82) is 0 Å². The summed E-state index contributed by atoms with van der Waals surface area (Å²) in [6.07, 6.45) is 3.83. The molecule has 1 aromatic heterocycles. The van der Waals surface area contributed by atoms with Crippen molar-refractivity contribution in [3.05, 3.63) is 71.9 Å². The van der Waals surface area contributed by atoms with Crippen LogP contribution in [0.4, 0.5) is 0 Å². The van der Waals surface area contributed by atoms with E-state index in [1.54, 1.807) is 6.92 Å². The lowest BCUT2D eigenvalue weighted by Gasteiger charge is -2.24. The van der Waals surface area contributed by atoms with Gasteiger partial charge in [-0.3, -0.25) is 4.79 Å². The Hall–Kier alpha value is -2.59. The summed E-state index contributed by atoms with van der Waals surface area (Å²) in [7, 11) is 0. The van der Waals surface area contributed by atoms with Gasteiger partial charge in [0, 0.05) is 23.6 Å². The number of aromatic amines is 1. The molecule has 0 radical (unpaired) electrons. The molecule has 1 heterocycles. The third-order valence-corrected chi connectivity index (χ3v) is 4.43. The van der Waals surface area contributed by atoms with E-state index >= 15 is 0 Å². The molecule has 4 heteroatoms. The van der Waals surface area contributed by atoms with Crippen LogP contribution in [0, 0.1) is 0 Å². The SMILES string of the molecule is CC(N)(C(=O)NCCCc1c[nH]c2ccccc12)c1ccccc1. The minimum Gasteiger partial charge on any atom is -0.361 e. The highest BCUT2D eigenvalue weighted by Gasteiger charge is 2.29. The van der Waals surface area contributed by atoms with Gasteiger partial charge in [0.2, 0.25) is 5.91 Å².